The summed E-state index contributed by atoms with van der Waals surface area (Å²) in [7, 11) is -1.95. The molecular weight excluding hydrogens is 588 g/mol. The van der Waals surface area contributed by atoms with Gasteiger partial charge in [0.15, 0.2) is 14.2 Å². The number of nitriles is 1. The molecule has 45 heavy (non-hydrogen) atoms. The maximum Gasteiger partial charge on any atom is 0.410 e. The number of amides is 1. The predicted molar refractivity (Wildman–Crippen MR) is 177 cm³/mol. The highest BCUT2D eigenvalue weighted by Gasteiger charge is 2.40. The minimum Gasteiger partial charge on any atom is -0.490 e. The van der Waals surface area contributed by atoms with Crippen LogP contribution in [-0.2, 0) is 20.4 Å². The molecule has 0 bridgehead atoms. The van der Waals surface area contributed by atoms with E-state index in [2.05, 4.69) is 39.0 Å². The van der Waals surface area contributed by atoms with Crippen molar-refractivity contribution in [1.29, 1.82) is 5.26 Å². The summed E-state index contributed by atoms with van der Waals surface area (Å²) in [6.07, 6.45) is 0.798. The number of oxime groups is 1. The molecule has 1 aliphatic rings. The van der Waals surface area contributed by atoms with Gasteiger partial charge in [0.2, 0.25) is 0 Å². The minimum atomic E-state index is -1.95. The van der Waals surface area contributed by atoms with Gasteiger partial charge in [0.1, 0.15) is 18.4 Å². The van der Waals surface area contributed by atoms with Crippen LogP contribution in [0.15, 0.2) is 41.6 Å². The molecule has 0 saturated heterocycles. The first-order chi connectivity index (χ1) is 20.9. The van der Waals surface area contributed by atoms with E-state index in [4.69, 9.17) is 24.5 Å². The van der Waals surface area contributed by atoms with Crippen molar-refractivity contribution in [2.45, 2.75) is 104 Å². The van der Waals surface area contributed by atoms with E-state index in [0.29, 0.717) is 30.8 Å². The van der Waals surface area contributed by atoms with E-state index in [0.717, 1.165) is 11.1 Å². The molecular formula is C34H48N4O6Si. The molecule has 1 atom stereocenters. The van der Waals surface area contributed by atoms with Crippen LogP contribution in [0.2, 0.25) is 18.1 Å². The van der Waals surface area contributed by atoms with Crippen molar-refractivity contribution in [3.8, 4) is 11.8 Å². The summed E-state index contributed by atoms with van der Waals surface area (Å²) in [5.74, 6) is -0.335. The van der Waals surface area contributed by atoms with Crippen LogP contribution < -0.4 is 10.5 Å². The molecule has 0 saturated carbocycles. The molecule has 2 aromatic carbocycles. The second-order valence-electron chi connectivity index (χ2n) is 14.0. The monoisotopic (exact) mass is 636 g/mol. The predicted octanol–water partition coefficient (Wildman–Crippen LogP) is 7.07. The topological polar surface area (TPSA) is 136 Å². The Morgan fingerprint density at radius 3 is 2.40 bits per heavy atom. The number of amidine groups is 1. The Morgan fingerprint density at radius 2 is 1.80 bits per heavy atom. The van der Waals surface area contributed by atoms with Gasteiger partial charge in [0.05, 0.1) is 29.9 Å². The van der Waals surface area contributed by atoms with Gasteiger partial charge in [-0.3, -0.25) is 4.90 Å². The molecule has 0 fully saturated rings. The lowest BCUT2D eigenvalue weighted by molar-refractivity contribution is 0.0357. The van der Waals surface area contributed by atoms with Gasteiger partial charge in [-0.2, -0.15) is 5.26 Å². The Hall–Kier alpha value is -3.88. The lowest BCUT2D eigenvalue weighted by atomic mass is 9.98. The SMILES string of the molecule is CC(C)Oc1ccc(C(=O)O/N=C(\N)c2cccc3c2CC[C@H]3N(C(=O)OCCO[Si](C)(C)C(C)(C)C)C(C)(C)C)cc1C#N. The van der Waals surface area contributed by atoms with Crippen molar-refractivity contribution in [2.75, 3.05) is 13.2 Å². The molecule has 1 amide bonds. The number of hydrogen-bond donors (Lipinski definition) is 1. The maximum atomic E-state index is 13.5. The zero-order valence-electron chi connectivity index (χ0n) is 28.3. The largest absolute Gasteiger partial charge is 0.490 e. The van der Waals surface area contributed by atoms with Crippen molar-refractivity contribution in [3.63, 3.8) is 0 Å². The van der Waals surface area contributed by atoms with Gasteiger partial charge >= 0.3 is 12.1 Å². The van der Waals surface area contributed by atoms with E-state index < -0.39 is 25.9 Å². The Morgan fingerprint density at radius 1 is 1.11 bits per heavy atom. The van der Waals surface area contributed by atoms with Crippen LogP contribution in [0, 0.1) is 11.3 Å². The van der Waals surface area contributed by atoms with Gasteiger partial charge in [-0.05, 0) is 94.9 Å². The maximum absolute atomic E-state index is 13.5. The number of hydrogen-bond acceptors (Lipinski definition) is 8. The summed E-state index contributed by atoms with van der Waals surface area (Å²) in [5, 5.41) is 13.5. The Balaban J connectivity index is 1.76. The van der Waals surface area contributed by atoms with E-state index in [1.807, 2.05) is 58.9 Å². The van der Waals surface area contributed by atoms with E-state index in [-0.39, 0.29) is 40.8 Å². The van der Waals surface area contributed by atoms with E-state index in [1.54, 1.807) is 11.0 Å². The molecule has 0 spiro atoms. The number of fused-ring (bicyclic) bond motifs is 1. The van der Waals surface area contributed by atoms with Crippen LogP contribution in [0.25, 0.3) is 0 Å². The van der Waals surface area contributed by atoms with Crippen LogP contribution in [-0.4, -0.2) is 56.0 Å². The molecule has 0 unspecified atom stereocenters. The van der Waals surface area contributed by atoms with Crippen LogP contribution in [0.4, 0.5) is 4.79 Å². The van der Waals surface area contributed by atoms with Gasteiger partial charge in [-0.15, -0.1) is 0 Å². The summed E-state index contributed by atoms with van der Waals surface area (Å²) in [6, 6.07) is 11.9. The molecule has 2 aromatic rings. The van der Waals surface area contributed by atoms with Crippen molar-refractivity contribution in [1.82, 2.24) is 4.90 Å². The smallest absolute Gasteiger partial charge is 0.410 e. The summed E-state index contributed by atoms with van der Waals surface area (Å²) in [6.45, 7) is 21.0. The number of rotatable bonds is 10. The molecule has 3 rings (SSSR count). The van der Waals surface area contributed by atoms with Crippen molar-refractivity contribution in [3.05, 3.63) is 64.2 Å². The lowest BCUT2D eigenvalue weighted by Gasteiger charge is -2.40. The van der Waals surface area contributed by atoms with Crippen molar-refractivity contribution in [2.24, 2.45) is 10.9 Å². The molecule has 2 N–H and O–H groups in total. The number of benzene rings is 2. The second-order valence-corrected chi connectivity index (χ2v) is 18.8. The highest BCUT2D eigenvalue weighted by molar-refractivity contribution is 6.74. The average molecular weight is 637 g/mol. The van der Waals surface area contributed by atoms with Crippen molar-refractivity contribution >= 4 is 26.2 Å². The lowest BCUT2D eigenvalue weighted by Crippen LogP contribution is -2.48. The quantitative estimate of drug-likeness (QED) is 0.0730. The fourth-order valence-electron chi connectivity index (χ4n) is 5.01. The number of carbonyl (C=O) groups is 2. The van der Waals surface area contributed by atoms with Gasteiger partial charge in [-0.1, -0.05) is 44.1 Å². The first-order valence-corrected chi connectivity index (χ1v) is 18.3. The average Bonchev–Trinajstić information content (AvgIpc) is 3.36. The van der Waals surface area contributed by atoms with Gasteiger partial charge in [0, 0.05) is 11.1 Å². The van der Waals surface area contributed by atoms with Crippen LogP contribution in [0.5, 0.6) is 5.75 Å². The minimum absolute atomic E-state index is 0.0359. The Kier molecular flexibility index (Phi) is 11.1. The molecule has 0 radical (unpaired) electrons. The zero-order chi connectivity index (χ0) is 33.7. The number of nitrogens with zero attached hydrogens (tertiary/aromatic N) is 3. The van der Waals surface area contributed by atoms with Crippen LogP contribution in [0.3, 0.4) is 0 Å². The highest BCUT2D eigenvalue weighted by atomic mass is 28.4. The third-order valence-electron chi connectivity index (χ3n) is 8.25. The summed E-state index contributed by atoms with van der Waals surface area (Å²) in [5.41, 5.74) is 8.68. The van der Waals surface area contributed by atoms with Crippen LogP contribution >= 0.6 is 0 Å². The molecule has 1 aliphatic carbocycles. The summed E-state index contributed by atoms with van der Waals surface area (Å²) >= 11 is 0. The van der Waals surface area contributed by atoms with E-state index >= 15 is 0 Å². The van der Waals surface area contributed by atoms with Gasteiger partial charge < -0.3 is 24.5 Å². The molecule has 0 heterocycles. The van der Waals surface area contributed by atoms with Crippen LogP contribution in [0.1, 0.15) is 100 Å². The molecule has 11 heteroatoms. The molecule has 10 nitrogen and oxygen atoms in total. The Labute approximate surface area is 268 Å². The fourth-order valence-corrected chi connectivity index (χ4v) is 6.04. The summed E-state index contributed by atoms with van der Waals surface area (Å²) in [4.78, 5) is 33.2. The zero-order valence-corrected chi connectivity index (χ0v) is 29.3. The van der Waals surface area contributed by atoms with Gasteiger partial charge in [0.25, 0.3) is 0 Å². The fraction of sp³-hybridized carbons (Fsp3) is 0.529. The van der Waals surface area contributed by atoms with E-state index in [1.165, 1.54) is 12.1 Å². The first kappa shape index (κ1) is 35.6. The number of carbonyl (C=O) groups excluding carboxylic acids is 2. The van der Waals surface area contributed by atoms with E-state index in [9.17, 15) is 14.9 Å². The normalized spacial score (nSPS) is 15.3. The third kappa shape index (κ3) is 8.64. The summed E-state index contributed by atoms with van der Waals surface area (Å²) < 4.78 is 17.6. The number of ether oxygens (including phenoxy) is 2. The first-order valence-electron chi connectivity index (χ1n) is 15.3. The molecule has 0 aromatic heterocycles. The van der Waals surface area contributed by atoms with Gasteiger partial charge in [-0.25, -0.2) is 9.59 Å². The molecule has 0 aliphatic heterocycles. The molecule has 244 valence electrons. The van der Waals surface area contributed by atoms with Crippen molar-refractivity contribution < 1.29 is 28.3 Å². The standard InChI is InChI=1S/C34H48N4O6Si/c1-22(2)43-29-17-14-23(20-24(29)21-35)31(39)44-37-30(36)27-13-11-12-26-25(27)15-16-28(26)38(33(3,4)5)32(40)41-18-19-42-45(9,10)34(6,7)8/h11-14,17,20,22,28H,15-16,18-19H2,1-10H3,(H2,36,37)/t28-/m1/s1. The second kappa shape index (κ2) is 14.0. The number of nitrogens with two attached hydrogens (primary N) is 1. The Bertz CT molecular complexity index is 1470. The highest BCUT2D eigenvalue weighted by Crippen LogP contribution is 2.41. The third-order valence-corrected chi connectivity index (χ3v) is 12.8.